The topological polar surface area (TPSA) is 34.1 Å². The highest BCUT2D eigenvalue weighted by molar-refractivity contribution is 6.30. The molecule has 1 heterocycles. The third kappa shape index (κ3) is 3.71. The molecule has 0 unspecified atom stereocenters. The van der Waals surface area contributed by atoms with Crippen LogP contribution in [0.4, 0.5) is 0 Å². The van der Waals surface area contributed by atoms with Gasteiger partial charge in [-0.25, -0.2) is 4.98 Å². The lowest BCUT2D eigenvalue weighted by molar-refractivity contribution is 0.455. The van der Waals surface area contributed by atoms with Gasteiger partial charge in [0.15, 0.2) is 0 Å². The Kier molecular flexibility index (Phi) is 4.99. The molecule has 4 heteroatoms. The number of hydrogen-bond donors (Lipinski definition) is 1. The highest BCUT2D eigenvalue weighted by Gasteiger charge is 2.07. The van der Waals surface area contributed by atoms with Gasteiger partial charge >= 0.3 is 0 Å². The predicted molar refractivity (Wildman–Crippen MR) is 82.6 cm³/mol. The third-order valence-corrected chi connectivity index (χ3v) is 3.23. The minimum Gasteiger partial charge on any atom is -0.438 e. The number of halogens is 1. The van der Waals surface area contributed by atoms with Crippen LogP contribution in [0.5, 0.6) is 11.6 Å². The molecule has 0 spiro atoms. The maximum absolute atomic E-state index is 6.02. The Labute approximate surface area is 124 Å². The minimum atomic E-state index is 0.596. The summed E-state index contributed by atoms with van der Waals surface area (Å²) in [6.07, 6.45) is 1.83. The summed E-state index contributed by atoms with van der Waals surface area (Å²) in [6, 6.07) is 7.69. The van der Waals surface area contributed by atoms with Crippen molar-refractivity contribution in [2.75, 3.05) is 6.54 Å². The third-order valence-electron chi connectivity index (χ3n) is 3.01. The molecule has 1 aromatic heterocycles. The van der Waals surface area contributed by atoms with Crippen molar-refractivity contribution in [3.05, 3.63) is 52.2 Å². The second-order valence-electron chi connectivity index (χ2n) is 4.76. The van der Waals surface area contributed by atoms with Crippen molar-refractivity contribution in [3.8, 4) is 11.6 Å². The van der Waals surface area contributed by atoms with E-state index in [0.29, 0.717) is 5.88 Å². The van der Waals surface area contributed by atoms with Crippen molar-refractivity contribution in [1.82, 2.24) is 10.3 Å². The second kappa shape index (κ2) is 6.73. The molecule has 0 bridgehead atoms. The van der Waals surface area contributed by atoms with E-state index in [1.165, 1.54) is 0 Å². The van der Waals surface area contributed by atoms with Crippen LogP contribution >= 0.6 is 11.6 Å². The Hall–Kier alpha value is -1.58. The van der Waals surface area contributed by atoms with Gasteiger partial charge in [-0.1, -0.05) is 24.6 Å². The highest BCUT2D eigenvalue weighted by Crippen LogP contribution is 2.30. The largest absolute Gasteiger partial charge is 0.438 e. The molecule has 2 aromatic rings. The van der Waals surface area contributed by atoms with Crippen LogP contribution in [0.15, 0.2) is 30.5 Å². The number of rotatable bonds is 5. The molecule has 1 aromatic carbocycles. The number of pyridine rings is 1. The summed E-state index contributed by atoms with van der Waals surface area (Å²) in [6.45, 7) is 7.81. The monoisotopic (exact) mass is 290 g/mol. The van der Waals surface area contributed by atoms with Gasteiger partial charge in [0.25, 0.3) is 0 Å². The normalized spacial score (nSPS) is 10.6. The molecular formula is C16H19ClN2O. The van der Waals surface area contributed by atoms with E-state index >= 15 is 0 Å². The van der Waals surface area contributed by atoms with Gasteiger partial charge < -0.3 is 10.1 Å². The van der Waals surface area contributed by atoms with E-state index in [-0.39, 0.29) is 0 Å². The van der Waals surface area contributed by atoms with Crippen LogP contribution < -0.4 is 10.1 Å². The van der Waals surface area contributed by atoms with Crippen LogP contribution in [0.25, 0.3) is 0 Å². The molecule has 0 saturated heterocycles. The fourth-order valence-corrected chi connectivity index (χ4v) is 2.34. The summed E-state index contributed by atoms with van der Waals surface area (Å²) in [7, 11) is 0. The molecule has 0 atom stereocenters. The Bertz CT molecular complexity index is 559. The molecule has 20 heavy (non-hydrogen) atoms. The molecule has 0 aliphatic carbocycles. The number of aryl methyl sites for hydroxylation is 2. The predicted octanol–water partition coefficient (Wildman–Crippen LogP) is 4.25. The van der Waals surface area contributed by atoms with Crippen molar-refractivity contribution in [1.29, 1.82) is 0 Å². The van der Waals surface area contributed by atoms with E-state index in [1.807, 2.05) is 44.3 Å². The van der Waals surface area contributed by atoms with E-state index in [0.717, 1.165) is 40.6 Å². The summed E-state index contributed by atoms with van der Waals surface area (Å²) >= 11 is 6.02. The van der Waals surface area contributed by atoms with Gasteiger partial charge in [-0.15, -0.1) is 0 Å². The Morgan fingerprint density at radius 2 is 1.90 bits per heavy atom. The van der Waals surface area contributed by atoms with Gasteiger partial charge in [-0.3, -0.25) is 0 Å². The van der Waals surface area contributed by atoms with Gasteiger partial charge in [0.1, 0.15) is 5.75 Å². The zero-order valence-electron chi connectivity index (χ0n) is 12.0. The van der Waals surface area contributed by atoms with Crippen molar-refractivity contribution in [3.63, 3.8) is 0 Å². The quantitative estimate of drug-likeness (QED) is 0.894. The summed E-state index contributed by atoms with van der Waals surface area (Å²) < 4.78 is 5.86. The van der Waals surface area contributed by atoms with Gasteiger partial charge in [0.2, 0.25) is 5.88 Å². The van der Waals surface area contributed by atoms with Gasteiger partial charge in [-0.2, -0.15) is 0 Å². The minimum absolute atomic E-state index is 0.596. The molecule has 0 radical (unpaired) electrons. The van der Waals surface area contributed by atoms with E-state index < -0.39 is 0 Å². The molecule has 3 nitrogen and oxygen atoms in total. The Morgan fingerprint density at radius 3 is 2.45 bits per heavy atom. The lowest BCUT2D eigenvalue weighted by Crippen LogP contribution is -2.11. The number of benzene rings is 1. The summed E-state index contributed by atoms with van der Waals surface area (Å²) in [5, 5.41) is 3.99. The van der Waals surface area contributed by atoms with E-state index in [1.54, 1.807) is 0 Å². The molecule has 0 fully saturated rings. The van der Waals surface area contributed by atoms with Crippen molar-refractivity contribution in [2.24, 2.45) is 0 Å². The standard InChI is InChI=1S/C16H19ClN2O/c1-4-18-9-13-5-6-15(19-10-13)20-16-11(2)7-14(17)8-12(16)3/h5-8,10,18H,4,9H2,1-3H3. The average Bonchev–Trinajstić information content (AvgIpc) is 2.42. The average molecular weight is 291 g/mol. The number of hydrogen-bond acceptors (Lipinski definition) is 3. The lowest BCUT2D eigenvalue weighted by Gasteiger charge is -2.12. The van der Waals surface area contributed by atoms with Gasteiger partial charge in [0, 0.05) is 23.8 Å². The molecule has 1 N–H and O–H groups in total. The van der Waals surface area contributed by atoms with Gasteiger partial charge in [-0.05, 0) is 49.2 Å². The zero-order valence-corrected chi connectivity index (χ0v) is 12.8. The fourth-order valence-electron chi connectivity index (χ4n) is 2.01. The first kappa shape index (κ1) is 14.8. The molecule has 106 valence electrons. The Balaban J connectivity index is 2.14. The lowest BCUT2D eigenvalue weighted by atomic mass is 10.1. The number of nitrogens with one attached hydrogen (secondary N) is 1. The smallest absolute Gasteiger partial charge is 0.219 e. The molecule has 0 aliphatic heterocycles. The van der Waals surface area contributed by atoms with Crippen molar-refractivity contribution in [2.45, 2.75) is 27.3 Å². The van der Waals surface area contributed by atoms with Crippen molar-refractivity contribution >= 4 is 11.6 Å². The maximum atomic E-state index is 6.02. The molecular weight excluding hydrogens is 272 g/mol. The number of ether oxygens (including phenoxy) is 1. The first-order valence-electron chi connectivity index (χ1n) is 6.70. The number of nitrogens with zero attached hydrogens (tertiary/aromatic N) is 1. The maximum Gasteiger partial charge on any atom is 0.219 e. The van der Waals surface area contributed by atoms with Gasteiger partial charge in [0.05, 0.1) is 0 Å². The SMILES string of the molecule is CCNCc1ccc(Oc2c(C)cc(Cl)cc2C)nc1. The second-order valence-corrected chi connectivity index (χ2v) is 5.19. The van der Waals surface area contributed by atoms with Crippen LogP contribution in [0.1, 0.15) is 23.6 Å². The van der Waals surface area contributed by atoms with Crippen LogP contribution in [-0.4, -0.2) is 11.5 Å². The molecule has 0 amide bonds. The molecule has 0 aliphatic rings. The Morgan fingerprint density at radius 1 is 1.20 bits per heavy atom. The zero-order chi connectivity index (χ0) is 14.5. The summed E-state index contributed by atoms with van der Waals surface area (Å²) in [4.78, 5) is 4.34. The highest BCUT2D eigenvalue weighted by atomic mass is 35.5. The summed E-state index contributed by atoms with van der Waals surface area (Å²) in [5.41, 5.74) is 3.16. The first-order valence-corrected chi connectivity index (χ1v) is 7.08. The van der Waals surface area contributed by atoms with Crippen LogP contribution in [-0.2, 0) is 6.54 Å². The first-order chi connectivity index (χ1) is 9.60. The molecule has 0 saturated carbocycles. The molecule has 2 rings (SSSR count). The fraction of sp³-hybridized carbons (Fsp3) is 0.312. The van der Waals surface area contributed by atoms with E-state index in [4.69, 9.17) is 16.3 Å². The van der Waals surface area contributed by atoms with Crippen LogP contribution in [0.2, 0.25) is 5.02 Å². The van der Waals surface area contributed by atoms with Crippen LogP contribution in [0, 0.1) is 13.8 Å². The summed E-state index contributed by atoms with van der Waals surface area (Å²) in [5.74, 6) is 1.42. The number of aromatic nitrogens is 1. The van der Waals surface area contributed by atoms with Crippen LogP contribution in [0.3, 0.4) is 0 Å². The van der Waals surface area contributed by atoms with E-state index in [2.05, 4.69) is 17.2 Å². The van der Waals surface area contributed by atoms with Crippen molar-refractivity contribution < 1.29 is 4.74 Å². The van der Waals surface area contributed by atoms with E-state index in [9.17, 15) is 0 Å².